The summed E-state index contributed by atoms with van der Waals surface area (Å²) in [5.74, 6) is 1.30. The molecule has 1 saturated carbocycles. The van der Waals surface area contributed by atoms with Crippen LogP contribution in [-0.2, 0) is 10.8 Å². The highest BCUT2D eigenvalue weighted by atomic mass is 14.6. The smallest absolute Gasteiger partial charge is 0.00305 e. The highest BCUT2D eigenvalue weighted by molar-refractivity contribution is 5.52. The van der Waals surface area contributed by atoms with E-state index in [9.17, 15) is 0 Å². The van der Waals surface area contributed by atoms with Crippen LogP contribution in [0.4, 0.5) is 0 Å². The van der Waals surface area contributed by atoms with Crippen molar-refractivity contribution in [3.63, 3.8) is 0 Å². The topological polar surface area (TPSA) is 0 Å². The zero-order chi connectivity index (χ0) is 18.7. The van der Waals surface area contributed by atoms with Crippen molar-refractivity contribution < 1.29 is 0 Å². The third-order valence-corrected chi connectivity index (χ3v) is 5.67. The maximum atomic E-state index is 2.50. The molecule has 1 fully saturated rings. The molecular formula is C24H38. The molecule has 0 aromatic heterocycles. The summed E-state index contributed by atoms with van der Waals surface area (Å²) in [6.07, 6.45) is 2.50. The molecule has 1 aromatic carbocycles. The van der Waals surface area contributed by atoms with Gasteiger partial charge in [0, 0.05) is 0 Å². The summed E-state index contributed by atoms with van der Waals surface area (Å²) >= 11 is 0. The summed E-state index contributed by atoms with van der Waals surface area (Å²) in [4.78, 5) is 0. The van der Waals surface area contributed by atoms with Crippen LogP contribution in [0.3, 0.4) is 0 Å². The van der Waals surface area contributed by atoms with E-state index in [-0.39, 0.29) is 10.8 Å². The number of benzene rings is 1. The van der Waals surface area contributed by atoms with E-state index >= 15 is 0 Å². The zero-order valence-corrected chi connectivity index (χ0v) is 17.9. The number of hydrogen-bond donors (Lipinski definition) is 0. The second-order valence-corrected chi connectivity index (χ2v) is 10.8. The van der Waals surface area contributed by atoms with Crippen molar-refractivity contribution in [2.24, 2.45) is 11.3 Å². The lowest BCUT2D eigenvalue weighted by atomic mass is 9.73. The summed E-state index contributed by atoms with van der Waals surface area (Å²) in [5, 5.41) is 0. The Hall–Kier alpha value is -1.04. The molecule has 1 aliphatic carbocycles. The van der Waals surface area contributed by atoms with E-state index in [1.54, 1.807) is 16.7 Å². The Bertz CT molecular complexity index is 617. The fraction of sp³-hybridized carbons (Fsp3) is 0.667. The van der Waals surface area contributed by atoms with Gasteiger partial charge in [-0.05, 0) is 65.5 Å². The Labute approximate surface area is 150 Å². The summed E-state index contributed by atoms with van der Waals surface area (Å²) in [5.41, 5.74) is 8.28. The van der Waals surface area contributed by atoms with E-state index in [2.05, 4.69) is 94.4 Å². The molecule has 0 aliphatic heterocycles. The normalized spacial score (nSPS) is 23.1. The lowest BCUT2D eigenvalue weighted by Crippen LogP contribution is -2.22. The average Bonchev–Trinajstić information content (AvgIpc) is 2.86. The van der Waals surface area contributed by atoms with E-state index < -0.39 is 0 Å². The first-order valence-electron chi connectivity index (χ1n) is 9.48. The largest absolute Gasteiger partial charge is 0.0816 e. The fourth-order valence-electron chi connectivity index (χ4n) is 4.27. The summed E-state index contributed by atoms with van der Waals surface area (Å²) in [7, 11) is 0. The van der Waals surface area contributed by atoms with Crippen LogP contribution in [0.1, 0.15) is 97.4 Å². The lowest BCUT2D eigenvalue weighted by molar-refractivity contribution is 0.538. The molecule has 0 N–H and O–H groups in total. The van der Waals surface area contributed by atoms with Crippen molar-refractivity contribution in [1.82, 2.24) is 0 Å². The predicted molar refractivity (Wildman–Crippen MR) is 108 cm³/mol. The van der Waals surface area contributed by atoms with Gasteiger partial charge >= 0.3 is 0 Å². The Morgan fingerprint density at radius 2 is 1.33 bits per heavy atom. The Kier molecular flexibility index (Phi) is 4.62. The number of rotatable bonds is 2. The van der Waals surface area contributed by atoms with E-state index in [0.29, 0.717) is 17.3 Å². The molecule has 0 bridgehead atoms. The van der Waals surface area contributed by atoms with Crippen LogP contribution in [0.15, 0.2) is 23.8 Å². The molecule has 1 aliphatic rings. The predicted octanol–water partition coefficient (Wildman–Crippen LogP) is 7.30. The quantitative estimate of drug-likeness (QED) is 0.500. The monoisotopic (exact) mass is 326 g/mol. The molecule has 0 saturated heterocycles. The molecule has 0 heterocycles. The number of allylic oxidation sites excluding steroid dienone is 2. The van der Waals surface area contributed by atoms with Gasteiger partial charge in [-0.1, -0.05) is 84.7 Å². The highest BCUT2D eigenvalue weighted by Gasteiger charge is 2.58. The van der Waals surface area contributed by atoms with Crippen molar-refractivity contribution in [2.75, 3.05) is 0 Å². The second-order valence-electron chi connectivity index (χ2n) is 10.8. The van der Waals surface area contributed by atoms with Crippen molar-refractivity contribution in [1.29, 1.82) is 0 Å². The molecule has 0 amide bonds. The maximum absolute atomic E-state index is 2.50. The summed E-state index contributed by atoms with van der Waals surface area (Å²) in [6, 6.07) is 4.89. The molecule has 0 spiro atoms. The lowest BCUT2D eigenvalue weighted by Gasteiger charge is -2.32. The van der Waals surface area contributed by atoms with Crippen molar-refractivity contribution in [3.05, 3.63) is 46.0 Å². The van der Waals surface area contributed by atoms with Gasteiger partial charge in [0.25, 0.3) is 0 Å². The second kappa shape index (κ2) is 5.75. The van der Waals surface area contributed by atoms with Crippen molar-refractivity contribution in [3.8, 4) is 0 Å². The molecule has 0 nitrogen and oxygen atoms in total. The Morgan fingerprint density at radius 3 is 1.67 bits per heavy atom. The number of aryl methyl sites for hydroxylation is 1. The molecule has 2 rings (SSSR count). The molecular weight excluding hydrogens is 288 g/mol. The molecule has 0 heteroatoms. The van der Waals surface area contributed by atoms with E-state index in [1.807, 2.05) is 0 Å². The van der Waals surface area contributed by atoms with Gasteiger partial charge in [-0.2, -0.15) is 0 Å². The Balaban J connectivity index is 2.75. The van der Waals surface area contributed by atoms with Gasteiger partial charge < -0.3 is 0 Å². The van der Waals surface area contributed by atoms with Crippen LogP contribution in [0.2, 0.25) is 0 Å². The minimum atomic E-state index is 0.176. The third-order valence-electron chi connectivity index (χ3n) is 5.67. The van der Waals surface area contributed by atoms with Gasteiger partial charge in [0.05, 0.1) is 0 Å². The van der Waals surface area contributed by atoms with Gasteiger partial charge in [0.2, 0.25) is 0 Å². The molecule has 134 valence electrons. The maximum Gasteiger partial charge on any atom is -0.00305 e. The van der Waals surface area contributed by atoms with Gasteiger partial charge in [0.1, 0.15) is 0 Å². The molecule has 0 radical (unpaired) electrons. The van der Waals surface area contributed by atoms with Crippen molar-refractivity contribution >= 4 is 0 Å². The molecule has 2 atom stereocenters. The van der Waals surface area contributed by atoms with Crippen LogP contribution >= 0.6 is 0 Å². The van der Waals surface area contributed by atoms with Crippen molar-refractivity contribution in [2.45, 2.75) is 92.9 Å². The summed E-state index contributed by atoms with van der Waals surface area (Å²) < 4.78 is 0. The van der Waals surface area contributed by atoms with Gasteiger partial charge in [-0.25, -0.2) is 0 Å². The molecule has 2 unspecified atom stereocenters. The van der Waals surface area contributed by atoms with E-state index in [1.165, 1.54) is 11.1 Å². The van der Waals surface area contributed by atoms with Crippen LogP contribution in [0.5, 0.6) is 0 Å². The van der Waals surface area contributed by atoms with Crippen LogP contribution in [0.25, 0.3) is 0 Å². The first-order chi connectivity index (χ1) is 10.7. The SMILES string of the molecule is CC(C)=CC1C(c2c(C(C)(C)C)cc(C)cc2C(C)(C)C)C1(C)C. The fourth-order valence-corrected chi connectivity index (χ4v) is 4.27. The van der Waals surface area contributed by atoms with Crippen LogP contribution in [-0.4, -0.2) is 0 Å². The van der Waals surface area contributed by atoms with E-state index in [4.69, 9.17) is 0 Å². The standard InChI is InChI=1S/C24H38/c1-15(2)12-19-21(24(19,10)11)20-17(22(4,5)6)13-16(3)14-18(20)23(7,8)9/h12-14,19,21H,1-11H3. The van der Waals surface area contributed by atoms with Gasteiger partial charge in [-0.15, -0.1) is 0 Å². The van der Waals surface area contributed by atoms with Gasteiger partial charge in [-0.3, -0.25) is 0 Å². The average molecular weight is 327 g/mol. The van der Waals surface area contributed by atoms with E-state index in [0.717, 1.165) is 0 Å². The first kappa shape index (κ1) is 19.3. The zero-order valence-electron chi connectivity index (χ0n) is 17.9. The number of hydrogen-bond acceptors (Lipinski definition) is 0. The Morgan fingerprint density at radius 1 is 0.917 bits per heavy atom. The summed E-state index contributed by atoms with van der Waals surface area (Å²) in [6.45, 7) is 25.8. The van der Waals surface area contributed by atoms with Gasteiger partial charge in [0.15, 0.2) is 0 Å². The third kappa shape index (κ3) is 3.48. The first-order valence-corrected chi connectivity index (χ1v) is 9.48. The minimum absolute atomic E-state index is 0.176. The van der Waals surface area contributed by atoms with Crippen LogP contribution in [0, 0.1) is 18.3 Å². The molecule has 24 heavy (non-hydrogen) atoms. The van der Waals surface area contributed by atoms with Crippen LogP contribution < -0.4 is 0 Å². The highest BCUT2D eigenvalue weighted by Crippen LogP contribution is 2.67. The minimum Gasteiger partial charge on any atom is -0.0816 e. The molecule has 1 aromatic rings.